The average molecular weight is 279 g/mol. The number of amides is 1. The number of carbonyl (C=O) groups excluding carboxylic acids is 2. The lowest BCUT2D eigenvalue weighted by Crippen LogP contribution is -2.46. The van der Waals surface area contributed by atoms with Crippen molar-refractivity contribution in [1.29, 1.82) is 0 Å². The number of hydrogen-bond acceptors (Lipinski definition) is 3. The minimum atomic E-state index is -0.834. The van der Waals surface area contributed by atoms with Gasteiger partial charge in [0.05, 0.1) is 6.61 Å². The number of hydrogen-bond donors (Lipinski definition) is 0. The fourth-order valence-electron chi connectivity index (χ4n) is 2.59. The summed E-state index contributed by atoms with van der Waals surface area (Å²) in [6.45, 7) is 2.53. The molecule has 0 radical (unpaired) electrons. The standard InChI is InChI=1S/C15H18FNO3/c1-3-20-15(19)13-12(8-9-17(2)14(13)18)10-4-6-11(16)7-5-10/h4-7,12-13H,3,8-9H2,1-2H3. The van der Waals surface area contributed by atoms with Gasteiger partial charge in [0.25, 0.3) is 0 Å². The molecule has 1 fully saturated rings. The Kier molecular flexibility index (Phi) is 4.37. The van der Waals surface area contributed by atoms with Gasteiger partial charge in [0, 0.05) is 19.5 Å². The van der Waals surface area contributed by atoms with Crippen LogP contribution in [0.4, 0.5) is 4.39 Å². The lowest BCUT2D eigenvalue weighted by molar-refractivity contribution is -0.158. The fraction of sp³-hybridized carbons (Fsp3) is 0.467. The maximum atomic E-state index is 13.0. The van der Waals surface area contributed by atoms with Gasteiger partial charge in [0.15, 0.2) is 0 Å². The summed E-state index contributed by atoms with van der Waals surface area (Å²) in [5.74, 6) is -2.15. The number of rotatable bonds is 3. The number of halogens is 1. The van der Waals surface area contributed by atoms with E-state index in [1.54, 1.807) is 31.0 Å². The third kappa shape index (κ3) is 2.81. The van der Waals surface area contributed by atoms with Crippen molar-refractivity contribution in [3.8, 4) is 0 Å². The van der Waals surface area contributed by atoms with Crippen LogP contribution >= 0.6 is 0 Å². The smallest absolute Gasteiger partial charge is 0.319 e. The van der Waals surface area contributed by atoms with E-state index >= 15 is 0 Å². The predicted octanol–water partition coefficient (Wildman–Crippen LogP) is 1.95. The van der Waals surface area contributed by atoms with Crippen molar-refractivity contribution in [3.05, 3.63) is 35.6 Å². The summed E-state index contributed by atoms with van der Waals surface area (Å²) in [7, 11) is 1.68. The molecule has 1 amide bonds. The first-order valence-corrected chi connectivity index (χ1v) is 6.71. The van der Waals surface area contributed by atoms with E-state index in [0.29, 0.717) is 13.0 Å². The molecule has 0 bridgehead atoms. The average Bonchev–Trinajstić information content (AvgIpc) is 2.43. The number of carbonyl (C=O) groups is 2. The third-order valence-electron chi connectivity index (χ3n) is 3.66. The maximum Gasteiger partial charge on any atom is 0.319 e. The largest absolute Gasteiger partial charge is 0.465 e. The van der Waals surface area contributed by atoms with Crippen molar-refractivity contribution in [2.45, 2.75) is 19.3 Å². The molecule has 2 atom stereocenters. The highest BCUT2D eigenvalue weighted by Gasteiger charge is 2.41. The van der Waals surface area contributed by atoms with Crippen LogP contribution in [0.3, 0.4) is 0 Å². The Hall–Kier alpha value is -1.91. The van der Waals surface area contributed by atoms with Crippen LogP contribution in [-0.4, -0.2) is 37.0 Å². The Bertz CT molecular complexity index is 500. The van der Waals surface area contributed by atoms with Crippen molar-refractivity contribution < 1.29 is 18.7 Å². The molecule has 4 nitrogen and oxygen atoms in total. The van der Waals surface area contributed by atoms with Crippen LogP contribution in [0.1, 0.15) is 24.8 Å². The molecule has 0 N–H and O–H groups in total. The molecule has 0 saturated carbocycles. The van der Waals surface area contributed by atoms with Gasteiger partial charge in [-0.1, -0.05) is 12.1 Å². The number of nitrogens with zero attached hydrogens (tertiary/aromatic N) is 1. The Morgan fingerprint density at radius 3 is 2.65 bits per heavy atom. The van der Waals surface area contributed by atoms with Gasteiger partial charge in [-0.2, -0.15) is 0 Å². The quantitative estimate of drug-likeness (QED) is 0.627. The van der Waals surface area contributed by atoms with Crippen LogP contribution < -0.4 is 0 Å². The van der Waals surface area contributed by atoms with Gasteiger partial charge in [-0.3, -0.25) is 9.59 Å². The molecule has 2 rings (SSSR count). The lowest BCUT2D eigenvalue weighted by Gasteiger charge is -2.34. The number of ether oxygens (including phenoxy) is 1. The van der Waals surface area contributed by atoms with Gasteiger partial charge in [0.2, 0.25) is 5.91 Å². The van der Waals surface area contributed by atoms with E-state index < -0.39 is 11.9 Å². The van der Waals surface area contributed by atoms with Crippen molar-refractivity contribution in [2.75, 3.05) is 20.2 Å². The Balaban J connectivity index is 2.30. The monoisotopic (exact) mass is 279 g/mol. The lowest BCUT2D eigenvalue weighted by atomic mass is 9.80. The second-order valence-electron chi connectivity index (χ2n) is 4.94. The van der Waals surface area contributed by atoms with Crippen LogP contribution in [0.5, 0.6) is 0 Å². The zero-order chi connectivity index (χ0) is 14.7. The molecule has 1 aromatic rings. The number of likely N-dealkylation sites (tertiary alicyclic amines) is 1. The van der Waals surface area contributed by atoms with Crippen LogP contribution in [0.2, 0.25) is 0 Å². The highest BCUT2D eigenvalue weighted by atomic mass is 19.1. The van der Waals surface area contributed by atoms with Gasteiger partial charge in [-0.25, -0.2) is 4.39 Å². The van der Waals surface area contributed by atoms with E-state index in [-0.39, 0.29) is 24.2 Å². The van der Waals surface area contributed by atoms with Crippen LogP contribution in [0.15, 0.2) is 24.3 Å². The normalized spacial score (nSPS) is 22.8. The minimum Gasteiger partial charge on any atom is -0.465 e. The fourth-order valence-corrected chi connectivity index (χ4v) is 2.59. The summed E-state index contributed by atoms with van der Waals surface area (Å²) in [5.41, 5.74) is 0.797. The first-order valence-electron chi connectivity index (χ1n) is 6.71. The molecule has 0 aromatic heterocycles. The van der Waals surface area contributed by atoms with Crippen molar-refractivity contribution in [1.82, 2.24) is 4.90 Å². The van der Waals surface area contributed by atoms with Crippen LogP contribution in [0, 0.1) is 11.7 Å². The molecular weight excluding hydrogens is 261 g/mol. The highest BCUT2D eigenvalue weighted by molar-refractivity contribution is 5.99. The zero-order valence-electron chi connectivity index (χ0n) is 11.6. The number of benzene rings is 1. The van der Waals surface area contributed by atoms with E-state index in [1.165, 1.54) is 12.1 Å². The van der Waals surface area contributed by atoms with Crippen molar-refractivity contribution >= 4 is 11.9 Å². The molecule has 0 spiro atoms. The molecular formula is C15H18FNO3. The van der Waals surface area contributed by atoms with Gasteiger partial charge < -0.3 is 9.64 Å². The summed E-state index contributed by atoms with van der Waals surface area (Å²) >= 11 is 0. The summed E-state index contributed by atoms with van der Waals surface area (Å²) in [6, 6.07) is 5.95. The second kappa shape index (κ2) is 6.03. The highest BCUT2D eigenvalue weighted by Crippen LogP contribution is 2.34. The molecule has 1 heterocycles. The van der Waals surface area contributed by atoms with E-state index in [9.17, 15) is 14.0 Å². The summed E-state index contributed by atoms with van der Waals surface area (Å²) in [6.07, 6.45) is 0.664. The SMILES string of the molecule is CCOC(=O)C1C(=O)N(C)CCC1c1ccc(F)cc1. The minimum absolute atomic E-state index is 0.232. The van der Waals surface area contributed by atoms with Gasteiger partial charge in [-0.05, 0) is 31.0 Å². The van der Waals surface area contributed by atoms with E-state index in [4.69, 9.17) is 4.74 Å². The van der Waals surface area contributed by atoms with Crippen LogP contribution in [-0.2, 0) is 14.3 Å². The molecule has 2 unspecified atom stereocenters. The van der Waals surface area contributed by atoms with E-state index in [2.05, 4.69) is 0 Å². The van der Waals surface area contributed by atoms with Crippen molar-refractivity contribution in [3.63, 3.8) is 0 Å². The molecule has 5 heteroatoms. The zero-order valence-corrected chi connectivity index (χ0v) is 11.6. The van der Waals surface area contributed by atoms with E-state index in [1.807, 2.05) is 0 Å². The first kappa shape index (κ1) is 14.5. The van der Waals surface area contributed by atoms with Crippen molar-refractivity contribution in [2.24, 2.45) is 5.92 Å². The Morgan fingerprint density at radius 2 is 2.05 bits per heavy atom. The first-order chi connectivity index (χ1) is 9.54. The summed E-state index contributed by atoms with van der Waals surface area (Å²) < 4.78 is 18.0. The molecule has 1 aliphatic heterocycles. The Labute approximate surface area is 117 Å². The van der Waals surface area contributed by atoms with E-state index in [0.717, 1.165) is 5.56 Å². The molecule has 1 saturated heterocycles. The van der Waals surface area contributed by atoms with Gasteiger partial charge >= 0.3 is 5.97 Å². The summed E-state index contributed by atoms with van der Waals surface area (Å²) in [5, 5.41) is 0. The number of esters is 1. The van der Waals surface area contributed by atoms with Gasteiger partial charge in [-0.15, -0.1) is 0 Å². The topological polar surface area (TPSA) is 46.6 Å². The molecule has 1 aliphatic rings. The van der Waals surface area contributed by atoms with Crippen LogP contribution in [0.25, 0.3) is 0 Å². The third-order valence-corrected chi connectivity index (χ3v) is 3.66. The molecule has 20 heavy (non-hydrogen) atoms. The molecule has 1 aromatic carbocycles. The maximum absolute atomic E-state index is 13.0. The predicted molar refractivity (Wildman–Crippen MR) is 71.5 cm³/mol. The molecule has 0 aliphatic carbocycles. The van der Waals surface area contributed by atoms with Gasteiger partial charge in [0.1, 0.15) is 11.7 Å². The second-order valence-corrected chi connectivity index (χ2v) is 4.94. The summed E-state index contributed by atoms with van der Waals surface area (Å²) in [4.78, 5) is 25.8. The Morgan fingerprint density at radius 1 is 1.40 bits per heavy atom. The molecule has 108 valence electrons. The number of piperidine rings is 1.